The van der Waals surface area contributed by atoms with Gasteiger partial charge in [-0.3, -0.25) is 4.79 Å². The maximum Gasteiger partial charge on any atom is 0.345 e. The molecule has 0 aliphatic carbocycles. The van der Waals surface area contributed by atoms with Crippen LogP contribution in [0.25, 0.3) is 0 Å². The summed E-state index contributed by atoms with van der Waals surface area (Å²) in [6.07, 6.45) is 0. The van der Waals surface area contributed by atoms with Crippen LogP contribution >= 0.6 is 0 Å². The molecule has 0 aromatic heterocycles. The maximum atomic E-state index is 11.2. The van der Waals surface area contributed by atoms with Gasteiger partial charge in [-0.25, -0.2) is 14.4 Å². The zero-order valence-electron chi connectivity index (χ0n) is 12.5. The summed E-state index contributed by atoms with van der Waals surface area (Å²) < 4.78 is 16.1. The predicted molar refractivity (Wildman–Crippen MR) is 78.2 cm³/mol. The zero-order valence-corrected chi connectivity index (χ0v) is 15.3. The van der Waals surface area contributed by atoms with Gasteiger partial charge >= 0.3 is 23.3 Å². The number of ketones is 1. The number of esters is 1. The quantitative estimate of drug-likeness (QED) is 0.138. The van der Waals surface area contributed by atoms with Crippen LogP contribution in [0.3, 0.4) is 0 Å². The summed E-state index contributed by atoms with van der Waals surface area (Å²) in [5.74, 6) is -7.70. The van der Waals surface area contributed by atoms with Crippen molar-refractivity contribution in [1.82, 2.24) is 0 Å². The standard InChI is InChI=1S/C8H7O9.C3H5O3.2CH4.Y/c1-4(10)8(5(11)12,6(13)14)7(15)17-3-16-2-9;1-5-3-6-2-4;;;/h3H2,1H3,(H,11,12)(H,13,14);3H2,1H3;2*1H4;/q2*-1;;;. The van der Waals surface area contributed by atoms with Gasteiger partial charge in [0.1, 0.15) is 0 Å². The van der Waals surface area contributed by atoms with Crippen LogP contribution in [0.2, 0.25) is 0 Å². The van der Waals surface area contributed by atoms with Gasteiger partial charge in [0.2, 0.25) is 6.79 Å². The van der Waals surface area contributed by atoms with E-state index in [1.54, 1.807) is 0 Å². The number of methoxy groups -OCH3 is 1. The molecule has 0 saturated carbocycles. The van der Waals surface area contributed by atoms with Crippen molar-refractivity contribution in [3.8, 4) is 0 Å². The third-order valence-corrected chi connectivity index (χ3v) is 2.02. The van der Waals surface area contributed by atoms with Crippen molar-refractivity contribution in [2.24, 2.45) is 5.41 Å². The van der Waals surface area contributed by atoms with Gasteiger partial charge in [-0.05, 0) is 6.92 Å². The van der Waals surface area contributed by atoms with E-state index in [2.05, 4.69) is 18.9 Å². The fourth-order valence-corrected chi connectivity index (χ4v) is 1.01. The van der Waals surface area contributed by atoms with Crippen molar-refractivity contribution in [1.29, 1.82) is 0 Å². The summed E-state index contributed by atoms with van der Waals surface area (Å²) in [6, 6.07) is 0. The van der Waals surface area contributed by atoms with Crippen LogP contribution in [-0.2, 0) is 80.4 Å². The number of hydrogen-bond acceptors (Lipinski definition) is 10. The summed E-state index contributed by atoms with van der Waals surface area (Å²) in [6.45, 7) is 1.60. The molecule has 12 nitrogen and oxygen atoms in total. The normalized spacial score (nSPS) is 8.38. The van der Waals surface area contributed by atoms with Crippen LogP contribution in [0.5, 0.6) is 0 Å². The Hall–Kier alpha value is -1.92. The number of carboxylic acid groups (broad SMARTS) is 2. The van der Waals surface area contributed by atoms with E-state index in [0.29, 0.717) is 6.92 Å². The fraction of sp³-hybridized carbons (Fsp3) is 0.538. The number of rotatable bonds is 10. The van der Waals surface area contributed by atoms with Crippen molar-refractivity contribution in [2.75, 3.05) is 20.7 Å². The summed E-state index contributed by atoms with van der Waals surface area (Å²) in [7, 11) is 1.43. The van der Waals surface area contributed by atoms with Crippen LogP contribution in [0, 0.1) is 5.41 Å². The van der Waals surface area contributed by atoms with E-state index in [9.17, 15) is 24.0 Å². The van der Waals surface area contributed by atoms with Gasteiger partial charge < -0.3 is 38.7 Å². The number of Topliss-reactive ketones (excluding diaryl/α,β-unsaturated/α-hetero) is 1. The summed E-state index contributed by atoms with van der Waals surface area (Å²) in [5, 5.41) is 17.3. The minimum Gasteiger partial charge on any atom is -0.634 e. The first-order valence-corrected chi connectivity index (χ1v) is 5.35. The van der Waals surface area contributed by atoms with E-state index in [1.807, 2.05) is 0 Å². The molecule has 0 aromatic carbocycles. The third kappa shape index (κ3) is 10.8. The molecule has 0 atom stereocenters. The smallest absolute Gasteiger partial charge is 0.345 e. The summed E-state index contributed by atoms with van der Waals surface area (Å²) in [5.41, 5.74) is -3.37. The molecule has 0 heterocycles. The average molecular weight is 457 g/mol. The number of carbonyl (C=O) groups excluding carboxylic acids is 4. The third-order valence-electron chi connectivity index (χ3n) is 2.02. The molecule has 0 amide bonds. The number of ether oxygens (including phenoxy) is 4. The van der Waals surface area contributed by atoms with Gasteiger partial charge in [0.25, 0.3) is 0 Å². The van der Waals surface area contributed by atoms with Crippen LogP contribution in [0.4, 0.5) is 0 Å². The maximum absolute atomic E-state index is 11.2. The van der Waals surface area contributed by atoms with Gasteiger partial charge in [-0.1, -0.05) is 27.8 Å². The van der Waals surface area contributed by atoms with Crippen molar-refractivity contribution >= 4 is 36.6 Å². The summed E-state index contributed by atoms with van der Waals surface area (Å²) in [4.78, 5) is 62.5. The molecule has 149 valence electrons. The number of aliphatic carboxylic acids is 2. The molecule has 1 radical (unpaired) electrons. The predicted octanol–water partition coefficient (Wildman–Crippen LogP) is -0.741. The molecule has 0 fully saturated rings. The molecule has 2 N–H and O–H groups in total. The SMILES string of the molecule is C.C.CC(=O)C(C(=O)O)(C(=O)O)C(=O)OCO[C-]=O.COCO[C-]=O.[Y]. The molecular weight excluding hydrogens is 437 g/mol. The van der Waals surface area contributed by atoms with Crippen molar-refractivity contribution < 1.29 is 90.6 Å². The van der Waals surface area contributed by atoms with Crippen molar-refractivity contribution in [2.45, 2.75) is 21.8 Å². The molecule has 0 aliphatic heterocycles. The minimum atomic E-state index is -3.37. The van der Waals surface area contributed by atoms with E-state index in [0.717, 1.165) is 6.47 Å². The molecule has 0 bridgehead atoms. The number of hydrogen-bond donors (Lipinski definition) is 2. The Kier molecular flexibility index (Phi) is 26.3. The second-order valence-electron chi connectivity index (χ2n) is 3.33. The first-order valence-electron chi connectivity index (χ1n) is 5.35. The number of carboxylic acids is 2. The molecule has 13 heteroatoms. The van der Waals surface area contributed by atoms with Crippen LogP contribution in [0.1, 0.15) is 21.8 Å². The van der Waals surface area contributed by atoms with Crippen molar-refractivity contribution in [3.63, 3.8) is 0 Å². The Morgan fingerprint density at radius 2 is 1.31 bits per heavy atom. The van der Waals surface area contributed by atoms with Gasteiger partial charge in [0.05, 0.1) is 0 Å². The van der Waals surface area contributed by atoms with Crippen molar-refractivity contribution in [3.05, 3.63) is 0 Å². The molecule has 0 rings (SSSR count). The largest absolute Gasteiger partial charge is 0.634 e. The number of carbonyl (C=O) groups is 4. The zero-order chi connectivity index (χ0) is 18.5. The van der Waals surface area contributed by atoms with E-state index in [1.165, 1.54) is 13.6 Å². The summed E-state index contributed by atoms with van der Waals surface area (Å²) >= 11 is 0. The van der Waals surface area contributed by atoms with E-state index >= 15 is 0 Å². The first kappa shape index (κ1) is 35.2. The van der Waals surface area contributed by atoms with E-state index < -0.39 is 35.9 Å². The Labute approximate surface area is 175 Å². The molecule has 0 spiro atoms. The molecular formula is C13H20O12Y-2. The Morgan fingerprint density at radius 1 is 0.923 bits per heavy atom. The topological polar surface area (TPSA) is 180 Å². The first-order chi connectivity index (χ1) is 10.7. The fourth-order valence-electron chi connectivity index (χ4n) is 1.01. The van der Waals surface area contributed by atoms with Crippen LogP contribution in [-0.4, -0.2) is 67.5 Å². The molecule has 0 unspecified atom stereocenters. The second-order valence-corrected chi connectivity index (χ2v) is 3.33. The Morgan fingerprint density at radius 3 is 1.54 bits per heavy atom. The van der Waals surface area contributed by atoms with Crippen LogP contribution in [0.15, 0.2) is 0 Å². The van der Waals surface area contributed by atoms with Gasteiger partial charge in [0, 0.05) is 39.8 Å². The van der Waals surface area contributed by atoms with Gasteiger partial charge in [-0.2, -0.15) is 0 Å². The minimum absolute atomic E-state index is 0. The monoisotopic (exact) mass is 457 g/mol. The molecule has 26 heavy (non-hydrogen) atoms. The molecule has 0 aliphatic rings. The Balaban J connectivity index is -0.000000142. The average Bonchev–Trinajstić information content (AvgIpc) is 2.45. The van der Waals surface area contributed by atoms with Gasteiger partial charge in [-0.15, -0.1) is 0 Å². The Bertz CT molecular complexity index is 426. The molecule has 0 aromatic rings. The van der Waals surface area contributed by atoms with E-state index in [4.69, 9.17) is 15.0 Å². The van der Waals surface area contributed by atoms with E-state index in [-0.39, 0.29) is 54.4 Å². The second kappa shape index (κ2) is 19.4. The van der Waals surface area contributed by atoms with Crippen LogP contribution < -0.4 is 0 Å². The van der Waals surface area contributed by atoms with Gasteiger partial charge in [0.15, 0.2) is 12.6 Å². The molecule has 0 saturated heterocycles.